The second-order valence-electron chi connectivity index (χ2n) is 4.12. The molecule has 0 fully saturated rings. The Morgan fingerprint density at radius 3 is 2.61 bits per heavy atom. The van der Waals surface area contributed by atoms with Crippen molar-refractivity contribution in [3.8, 4) is 0 Å². The first kappa shape index (κ1) is 12.6. The zero-order chi connectivity index (χ0) is 13.0. The van der Waals surface area contributed by atoms with Crippen LogP contribution in [0.15, 0.2) is 36.4 Å². The van der Waals surface area contributed by atoms with Crippen molar-refractivity contribution in [1.82, 2.24) is 10.3 Å². The molecule has 2 rings (SSSR count). The summed E-state index contributed by atoms with van der Waals surface area (Å²) in [5.74, 6) is -1.64. The van der Waals surface area contributed by atoms with Gasteiger partial charge in [0.15, 0.2) is 11.6 Å². The lowest BCUT2D eigenvalue weighted by Crippen LogP contribution is -2.14. The number of nitrogens with one attached hydrogen (secondary N) is 1. The molecule has 1 N–H and O–H groups in total. The first-order chi connectivity index (χ1) is 8.65. The highest BCUT2D eigenvalue weighted by atomic mass is 19.2. The van der Waals surface area contributed by atoms with Gasteiger partial charge in [-0.2, -0.15) is 0 Å². The summed E-state index contributed by atoms with van der Waals surface area (Å²) in [6, 6.07) is 9.69. The van der Waals surface area contributed by atoms with Gasteiger partial charge in [-0.1, -0.05) is 12.1 Å². The largest absolute Gasteiger partial charge is 0.307 e. The van der Waals surface area contributed by atoms with Crippen LogP contribution in [0.3, 0.4) is 0 Å². The lowest BCUT2D eigenvalue weighted by atomic mass is 10.2. The van der Waals surface area contributed by atoms with E-state index in [2.05, 4.69) is 10.3 Å². The third-order valence-corrected chi connectivity index (χ3v) is 2.57. The van der Waals surface area contributed by atoms with Crippen LogP contribution in [0.4, 0.5) is 8.78 Å². The van der Waals surface area contributed by atoms with Gasteiger partial charge in [0.1, 0.15) is 0 Å². The molecule has 4 heteroatoms. The van der Waals surface area contributed by atoms with Crippen molar-refractivity contribution in [3.05, 3.63) is 65.0 Å². The lowest BCUT2D eigenvalue weighted by Gasteiger charge is -2.05. The second-order valence-corrected chi connectivity index (χ2v) is 4.12. The molecule has 1 aromatic carbocycles. The number of nitrogens with zero attached hydrogens (tertiary/aromatic N) is 1. The van der Waals surface area contributed by atoms with Crippen LogP contribution in [-0.2, 0) is 13.1 Å². The van der Waals surface area contributed by atoms with E-state index < -0.39 is 11.6 Å². The third kappa shape index (κ3) is 3.34. The smallest absolute Gasteiger partial charge is 0.159 e. The van der Waals surface area contributed by atoms with E-state index in [0.717, 1.165) is 17.5 Å². The molecule has 2 nitrogen and oxygen atoms in total. The van der Waals surface area contributed by atoms with Crippen LogP contribution >= 0.6 is 0 Å². The predicted molar refractivity (Wildman–Crippen MR) is 65.9 cm³/mol. The summed E-state index contributed by atoms with van der Waals surface area (Å²) in [7, 11) is 0. The number of halogens is 2. The van der Waals surface area contributed by atoms with Gasteiger partial charge in [0.25, 0.3) is 0 Å². The fourth-order valence-electron chi connectivity index (χ4n) is 1.68. The van der Waals surface area contributed by atoms with Crippen LogP contribution in [0, 0.1) is 18.6 Å². The Bertz CT molecular complexity index is 541. The SMILES string of the molecule is Cc1cccc(CNCc2ccc(F)c(F)c2)n1. The Morgan fingerprint density at radius 2 is 1.89 bits per heavy atom. The zero-order valence-electron chi connectivity index (χ0n) is 10.1. The molecule has 0 aliphatic carbocycles. The normalized spacial score (nSPS) is 10.6. The first-order valence-electron chi connectivity index (χ1n) is 5.72. The molecular weight excluding hydrogens is 234 g/mol. The Hall–Kier alpha value is -1.81. The Balaban J connectivity index is 1.90. The molecule has 0 atom stereocenters. The molecule has 0 radical (unpaired) electrons. The van der Waals surface area contributed by atoms with Crippen molar-refractivity contribution in [2.75, 3.05) is 0 Å². The molecule has 0 aliphatic rings. The van der Waals surface area contributed by atoms with Crippen molar-refractivity contribution in [2.24, 2.45) is 0 Å². The van der Waals surface area contributed by atoms with E-state index in [1.807, 2.05) is 25.1 Å². The molecular formula is C14H14F2N2. The number of pyridine rings is 1. The van der Waals surface area contributed by atoms with Gasteiger partial charge in [0, 0.05) is 18.8 Å². The molecule has 1 aromatic heterocycles. The molecule has 0 unspecified atom stereocenters. The number of aromatic nitrogens is 1. The molecule has 2 aromatic rings. The molecule has 0 spiro atoms. The minimum atomic E-state index is -0.820. The summed E-state index contributed by atoms with van der Waals surface area (Å²) in [5, 5.41) is 3.14. The number of hydrogen-bond donors (Lipinski definition) is 1. The van der Waals surface area contributed by atoms with E-state index in [9.17, 15) is 8.78 Å². The van der Waals surface area contributed by atoms with E-state index in [1.165, 1.54) is 6.07 Å². The summed E-state index contributed by atoms with van der Waals surface area (Å²) in [6.07, 6.45) is 0. The average molecular weight is 248 g/mol. The summed E-state index contributed by atoms with van der Waals surface area (Å²) in [5.41, 5.74) is 2.60. The van der Waals surface area contributed by atoms with Crippen molar-refractivity contribution in [3.63, 3.8) is 0 Å². The maximum Gasteiger partial charge on any atom is 0.159 e. The zero-order valence-corrected chi connectivity index (χ0v) is 10.1. The van der Waals surface area contributed by atoms with Gasteiger partial charge in [-0.3, -0.25) is 4.98 Å². The van der Waals surface area contributed by atoms with Crippen molar-refractivity contribution in [1.29, 1.82) is 0 Å². The van der Waals surface area contributed by atoms with Gasteiger partial charge in [0.2, 0.25) is 0 Å². The second kappa shape index (κ2) is 5.69. The number of rotatable bonds is 4. The summed E-state index contributed by atoms with van der Waals surface area (Å²) in [6.45, 7) is 3.01. The molecule has 0 bridgehead atoms. The van der Waals surface area contributed by atoms with Crippen LogP contribution in [0.2, 0.25) is 0 Å². The number of aryl methyl sites for hydroxylation is 1. The maximum absolute atomic E-state index is 13.0. The van der Waals surface area contributed by atoms with Crippen molar-refractivity contribution >= 4 is 0 Å². The summed E-state index contributed by atoms with van der Waals surface area (Å²) >= 11 is 0. The van der Waals surface area contributed by atoms with Crippen LogP contribution in [0.25, 0.3) is 0 Å². The quantitative estimate of drug-likeness (QED) is 0.899. The number of hydrogen-bond acceptors (Lipinski definition) is 2. The Morgan fingerprint density at radius 1 is 1.06 bits per heavy atom. The van der Waals surface area contributed by atoms with Gasteiger partial charge in [-0.05, 0) is 36.8 Å². The molecule has 0 saturated heterocycles. The number of benzene rings is 1. The van der Waals surface area contributed by atoms with Crippen molar-refractivity contribution in [2.45, 2.75) is 20.0 Å². The first-order valence-corrected chi connectivity index (χ1v) is 5.72. The third-order valence-electron chi connectivity index (χ3n) is 2.57. The Kier molecular flexibility index (Phi) is 3.99. The molecule has 0 aliphatic heterocycles. The van der Waals surface area contributed by atoms with E-state index >= 15 is 0 Å². The van der Waals surface area contributed by atoms with Gasteiger partial charge < -0.3 is 5.32 Å². The minimum Gasteiger partial charge on any atom is -0.307 e. The molecule has 0 saturated carbocycles. The van der Waals surface area contributed by atoms with E-state index in [-0.39, 0.29) is 0 Å². The monoisotopic (exact) mass is 248 g/mol. The molecule has 94 valence electrons. The van der Waals surface area contributed by atoms with Gasteiger partial charge in [0.05, 0.1) is 5.69 Å². The molecule has 18 heavy (non-hydrogen) atoms. The molecule has 0 amide bonds. The van der Waals surface area contributed by atoms with E-state index in [4.69, 9.17) is 0 Å². The lowest BCUT2D eigenvalue weighted by molar-refractivity contribution is 0.506. The highest BCUT2D eigenvalue weighted by Gasteiger charge is 2.02. The Labute approximate surface area is 105 Å². The highest BCUT2D eigenvalue weighted by molar-refractivity contribution is 5.17. The van der Waals surface area contributed by atoms with Gasteiger partial charge in [-0.15, -0.1) is 0 Å². The van der Waals surface area contributed by atoms with Crippen LogP contribution in [-0.4, -0.2) is 4.98 Å². The van der Waals surface area contributed by atoms with Gasteiger partial charge >= 0.3 is 0 Å². The highest BCUT2D eigenvalue weighted by Crippen LogP contribution is 2.08. The average Bonchev–Trinajstić information content (AvgIpc) is 2.34. The van der Waals surface area contributed by atoms with Crippen LogP contribution in [0.1, 0.15) is 17.0 Å². The van der Waals surface area contributed by atoms with E-state index in [1.54, 1.807) is 6.07 Å². The van der Waals surface area contributed by atoms with Crippen LogP contribution in [0.5, 0.6) is 0 Å². The standard InChI is InChI=1S/C14H14F2N2/c1-10-3-2-4-12(18-10)9-17-8-11-5-6-13(15)14(16)7-11/h2-7,17H,8-9H2,1H3. The topological polar surface area (TPSA) is 24.9 Å². The minimum absolute atomic E-state index is 0.479. The summed E-state index contributed by atoms with van der Waals surface area (Å²) in [4.78, 5) is 4.34. The fraction of sp³-hybridized carbons (Fsp3) is 0.214. The predicted octanol–water partition coefficient (Wildman–Crippen LogP) is 2.96. The van der Waals surface area contributed by atoms with E-state index in [0.29, 0.717) is 18.7 Å². The molecule has 1 heterocycles. The fourth-order valence-corrected chi connectivity index (χ4v) is 1.68. The maximum atomic E-state index is 13.0. The summed E-state index contributed by atoms with van der Waals surface area (Å²) < 4.78 is 25.7. The van der Waals surface area contributed by atoms with Crippen molar-refractivity contribution < 1.29 is 8.78 Å². The van der Waals surface area contributed by atoms with Crippen LogP contribution < -0.4 is 5.32 Å². The van der Waals surface area contributed by atoms with Gasteiger partial charge in [-0.25, -0.2) is 8.78 Å².